The maximum absolute atomic E-state index is 10.9. The molecule has 0 aliphatic carbocycles. The number of aromatic carboxylic acids is 1. The highest BCUT2D eigenvalue weighted by molar-refractivity contribution is 9.10. The van der Waals surface area contributed by atoms with Crippen molar-refractivity contribution in [3.63, 3.8) is 0 Å². The minimum absolute atomic E-state index is 0.0240. The van der Waals surface area contributed by atoms with Gasteiger partial charge in [-0.05, 0) is 33.6 Å². The molecule has 2 heterocycles. The highest BCUT2D eigenvalue weighted by atomic mass is 79.9. The molecule has 0 fully saturated rings. The maximum atomic E-state index is 10.9. The Labute approximate surface area is 106 Å². The molecule has 6 heteroatoms. The number of carboxylic acid groups (broad SMARTS) is 1. The van der Waals surface area contributed by atoms with Gasteiger partial charge in [0.05, 0.1) is 4.47 Å². The van der Waals surface area contributed by atoms with Crippen LogP contribution in [0.15, 0.2) is 35.2 Å². The minimum atomic E-state index is -1.07. The molecule has 0 bridgehead atoms. The van der Waals surface area contributed by atoms with E-state index in [1.54, 1.807) is 12.4 Å². The molecule has 0 spiro atoms. The Balaban J connectivity index is 2.29. The summed E-state index contributed by atoms with van der Waals surface area (Å²) in [6, 6.07) is 3.68. The van der Waals surface area contributed by atoms with E-state index < -0.39 is 5.97 Å². The van der Waals surface area contributed by atoms with Crippen molar-refractivity contribution in [2.75, 3.05) is 0 Å². The second-order valence-corrected chi connectivity index (χ2v) is 4.17. The third kappa shape index (κ3) is 2.85. The number of hydrogen-bond donors (Lipinski definition) is 1. The van der Waals surface area contributed by atoms with E-state index in [1.807, 2.05) is 12.1 Å². The van der Waals surface area contributed by atoms with Crippen LogP contribution in [0.3, 0.4) is 0 Å². The zero-order valence-electron chi connectivity index (χ0n) is 8.67. The lowest BCUT2D eigenvalue weighted by Gasteiger charge is -2.02. The second kappa shape index (κ2) is 5.01. The van der Waals surface area contributed by atoms with Crippen LogP contribution in [0.4, 0.5) is 0 Å². The summed E-state index contributed by atoms with van der Waals surface area (Å²) in [7, 11) is 0. The predicted molar refractivity (Wildman–Crippen MR) is 63.7 cm³/mol. The molecule has 0 aliphatic rings. The topological polar surface area (TPSA) is 76.0 Å². The number of halogens is 1. The predicted octanol–water partition coefficient (Wildman–Crippen LogP) is 1.92. The highest BCUT2D eigenvalue weighted by Crippen LogP contribution is 2.14. The molecule has 0 saturated heterocycles. The molecule has 0 aliphatic heterocycles. The number of aromatic nitrogens is 3. The highest BCUT2D eigenvalue weighted by Gasteiger charge is 2.12. The van der Waals surface area contributed by atoms with E-state index in [1.165, 1.54) is 6.20 Å². The van der Waals surface area contributed by atoms with Gasteiger partial charge in [-0.1, -0.05) is 0 Å². The average Bonchev–Trinajstić information content (AvgIpc) is 2.32. The van der Waals surface area contributed by atoms with Gasteiger partial charge in [0.1, 0.15) is 5.82 Å². The quantitative estimate of drug-likeness (QED) is 0.936. The Morgan fingerprint density at radius 1 is 1.35 bits per heavy atom. The summed E-state index contributed by atoms with van der Waals surface area (Å²) in [5.41, 5.74) is 0.961. The SMILES string of the molecule is O=C(O)c1nc(Cc2ccncc2)ncc1Br. The Hall–Kier alpha value is -1.82. The van der Waals surface area contributed by atoms with E-state index in [0.717, 1.165) is 5.56 Å². The van der Waals surface area contributed by atoms with Crippen LogP contribution in [0.1, 0.15) is 21.9 Å². The summed E-state index contributed by atoms with van der Waals surface area (Å²) in [4.78, 5) is 22.9. The number of carboxylic acids is 1. The molecule has 2 rings (SSSR count). The molecule has 0 saturated carbocycles. The number of pyridine rings is 1. The lowest BCUT2D eigenvalue weighted by Crippen LogP contribution is -2.06. The third-order valence-corrected chi connectivity index (χ3v) is 2.69. The van der Waals surface area contributed by atoms with E-state index in [9.17, 15) is 4.79 Å². The average molecular weight is 294 g/mol. The van der Waals surface area contributed by atoms with Gasteiger partial charge in [0, 0.05) is 25.0 Å². The molecule has 0 atom stereocenters. The lowest BCUT2D eigenvalue weighted by atomic mass is 10.2. The van der Waals surface area contributed by atoms with Crippen LogP contribution in [0, 0.1) is 0 Å². The van der Waals surface area contributed by atoms with E-state index in [-0.39, 0.29) is 5.69 Å². The standard InChI is InChI=1S/C11H8BrN3O2/c12-8-6-14-9(15-10(8)11(16)17)5-7-1-3-13-4-2-7/h1-4,6H,5H2,(H,16,17). The van der Waals surface area contributed by atoms with Crippen LogP contribution in [-0.2, 0) is 6.42 Å². The fourth-order valence-corrected chi connectivity index (χ4v) is 1.68. The van der Waals surface area contributed by atoms with Gasteiger partial charge in [0.15, 0.2) is 5.69 Å². The van der Waals surface area contributed by atoms with Crippen molar-refractivity contribution in [3.05, 3.63) is 52.3 Å². The van der Waals surface area contributed by atoms with Crippen LogP contribution >= 0.6 is 15.9 Å². The molecule has 0 radical (unpaired) electrons. The molecule has 5 nitrogen and oxygen atoms in total. The van der Waals surface area contributed by atoms with Gasteiger partial charge in [-0.3, -0.25) is 4.98 Å². The van der Waals surface area contributed by atoms with Crippen LogP contribution in [0.25, 0.3) is 0 Å². The zero-order valence-corrected chi connectivity index (χ0v) is 10.3. The summed E-state index contributed by atoms with van der Waals surface area (Å²) in [5.74, 6) is -0.605. The first-order chi connectivity index (χ1) is 8.16. The summed E-state index contributed by atoms with van der Waals surface area (Å²) in [5, 5.41) is 8.93. The number of hydrogen-bond acceptors (Lipinski definition) is 4. The molecule has 17 heavy (non-hydrogen) atoms. The van der Waals surface area contributed by atoms with Gasteiger partial charge in [-0.2, -0.15) is 0 Å². The molecule has 0 aromatic carbocycles. The molecule has 2 aromatic heterocycles. The smallest absolute Gasteiger partial charge is 0.355 e. The fraction of sp³-hybridized carbons (Fsp3) is 0.0909. The van der Waals surface area contributed by atoms with E-state index >= 15 is 0 Å². The first kappa shape index (κ1) is 11.7. The van der Waals surface area contributed by atoms with Crippen molar-refractivity contribution in [2.24, 2.45) is 0 Å². The molecule has 2 aromatic rings. The summed E-state index contributed by atoms with van der Waals surface area (Å²) < 4.78 is 0.378. The molecule has 1 N–H and O–H groups in total. The monoisotopic (exact) mass is 293 g/mol. The zero-order chi connectivity index (χ0) is 12.3. The Morgan fingerprint density at radius 3 is 2.71 bits per heavy atom. The normalized spacial score (nSPS) is 10.2. The van der Waals surface area contributed by atoms with E-state index in [2.05, 4.69) is 30.9 Å². The van der Waals surface area contributed by atoms with Gasteiger partial charge >= 0.3 is 5.97 Å². The first-order valence-corrected chi connectivity index (χ1v) is 5.59. The van der Waals surface area contributed by atoms with Crippen molar-refractivity contribution in [3.8, 4) is 0 Å². The van der Waals surface area contributed by atoms with Gasteiger partial charge < -0.3 is 5.11 Å². The first-order valence-electron chi connectivity index (χ1n) is 4.80. The Morgan fingerprint density at radius 2 is 2.06 bits per heavy atom. The Kier molecular flexibility index (Phi) is 3.43. The maximum Gasteiger partial charge on any atom is 0.355 e. The largest absolute Gasteiger partial charge is 0.476 e. The van der Waals surface area contributed by atoms with Crippen LogP contribution < -0.4 is 0 Å². The Bertz CT molecular complexity index is 546. The molecule has 86 valence electrons. The fourth-order valence-electron chi connectivity index (χ4n) is 1.32. The van der Waals surface area contributed by atoms with Crippen LogP contribution in [-0.4, -0.2) is 26.0 Å². The summed E-state index contributed by atoms with van der Waals surface area (Å²) >= 11 is 3.10. The van der Waals surface area contributed by atoms with Gasteiger partial charge in [0.25, 0.3) is 0 Å². The molecule has 0 amide bonds. The van der Waals surface area contributed by atoms with E-state index in [0.29, 0.717) is 16.7 Å². The summed E-state index contributed by atoms with van der Waals surface area (Å²) in [6.45, 7) is 0. The lowest BCUT2D eigenvalue weighted by molar-refractivity contribution is 0.0688. The van der Waals surface area contributed by atoms with E-state index in [4.69, 9.17) is 5.11 Å². The third-order valence-electron chi connectivity index (χ3n) is 2.11. The number of carbonyl (C=O) groups is 1. The van der Waals surface area contributed by atoms with Crippen molar-refractivity contribution in [1.82, 2.24) is 15.0 Å². The second-order valence-electron chi connectivity index (χ2n) is 3.32. The van der Waals surface area contributed by atoms with Crippen molar-refractivity contribution >= 4 is 21.9 Å². The molecular weight excluding hydrogens is 286 g/mol. The van der Waals surface area contributed by atoms with Crippen LogP contribution in [0.5, 0.6) is 0 Å². The number of rotatable bonds is 3. The number of nitrogens with zero attached hydrogens (tertiary/aromatic N) is 3. The van der Waals surface area contributed by atoms with Crippen molar-refractivity contribution < 1.29 is 9.90 Å². The van der Waals surface area contributed by atoms with Crippen molar-refractivity contribution in [2.45, 2.75) is 6.42 Å². The summed E-state index contributed by atoms with van der Waals surface area (Å²) in [6.07, 6.45) is 5.28. The minimum Gasteiger partial charge on any atom is -0.476 e. The molecular formula is C11H8BrN3O2. The van der Waals surface area contributed by atoms with Gasteiger partial charge in [-0.15, -0.1) is 0 Å². The van der Waals surface area contributed by atoms with Crippen LogP contribution in [0.2, 0.25) is 0 Å². The van der Waals surface area contributed by atoms with Crippen molar-refractivity contribution in [1.29, 1.82) is 0 Å². The van der Waals surface area contributed by atoms with Gasteiger partial charge in [0.2, 0.25) is 0 Å². The molecule has 0 unspecified atom stereocenters. The van der Waals surface area contributed by atoms with Gasteiger partial charge in [-0.25, -0.2) is 14.8 Å².